The SMILES string of the molecule is CCCCN(CCCC)c1[c]nccn1. The number of nitrogens with zero attached hydrogens (tertiary/aromatic N) is 3. The maximum absolute atomic E-state index is 4.29. The lowest BCUT2D eigenvalue weighted by Crippen LogP contribution is -2.26. The number of aromatic nitrogens is 2. The molecule has 83 valence electrons. The van der Waals surface area contributed by atoms with Crippen molar-refractivity contribution in [2.24, 2.45) is 0 Å². The van der Waals surface area contributed by atoms with Crippen LogP contribution in [0.4, 0.5) is 5.82 Å². The van der Waals surface area contributed by atoms with E-state index in [1.807, 2.05) is 0 Å². The van der Waals surface area contributed by atoms with Gasteiger partial charge < -0.3 is 4.90 Å². The molecule has 1 aromatic heterocycles. The van der Waals surface area contributed by atoms with Gasteiger partial charge in [-0.2, -0.15) is 0 Å². The van der Waals surface area contributed by atoms with Gasteiger partial charge in [0.1, 0.15) is 6.20 Å². The average molecular weight is 206 g/mol. The Hall–Kier alpha value is -1.12. The van der Waals surface area contributed by atoms with Gasteiger partial charge >= 0.3 is 0 Å². The first kappa shape index (κ1) is 12.0. The standard InChI is InChI=1S/C12H20N3/c1-3-5-9-15(10-6-4-2)12-11-13-7-8-14-12/h7-8H,3-6,9-10H2,1-2H3. The largest absolute Gasteiger partial charge is 0.355 e. The summed E-state index contributed by atoms with van der Waals surface area (Å²) in [6, 6.07) is 0. The second kappa shape index (κ2) is 7.21. The minimum Gasteiger partial charge on any atom is -0.355 e. The molecular weight excluding hydrogens is 186 g/mol. The van der Waals surface area contributed by atoms with Gasteiger partial charge in [-0.25, -0.2) is 9.97 Å². The predicted molar refractivity (Wildman–Crippen MR) is 62.9 cm³/mol. The topological polar surface area (TPSA) is 29.0 Å². The van der Waals surface area contributed by atoms with E-state index >= 15 is 0 Å². The molecule has 0 atom stereocenters. The Bertz CT molecular complexity index is 240. The van der Waals surface area contributed by atoms with Gasteiger partial charge in [-0.3, -0.25) is 0 Å². The molecule has 3 heteroatoms. The Morgan fingerprint density at radius 2 is 1.80 bits per heavy atom. The van der Waals surface area contributed by atoms with E-state index in [9.17, 15) is 0 Å². The molecule has 3 nitrogen and oxygen atoms in total. The molecule has 0 aliphatic rings. The zero-order valence-corrected chi connectivity index (χ0v) is 9.74. The van der Waals surface area contributed by atoms with Gasteiger partial charge in [0.2, 0.25) is 0 Å². The molecule has 15 heavy (non-hydrogen) atoms. The Balaban J connectivity index is 2.55. The van der Waals surface area contributed by atoms with Crippen LogP contribution in [0.1, 0.15) is 39.5 Å². The van der Waals surface area contributed by atoms with E-state index in [0.717, 1.165) is 18.9 Å². The maximum atomic E-state index is 4.29. The van der Waals surface area contributed by atoms with Crippen LogP contribution in [0.15, 0.2) is 12.4 Å². The first-order valence-corrected chi connectivity index (χ1v) is 5.82. The van der Waals surface area contributed by atoms with Crippen LogP contribution in [0.5, 0.6) is 0 Å². The molecule has 0 aliphatic heterocycles. The van der Waals surface area contributed by atoms with Gasteiger partial charge in [-0.15, -0.1) is 0 Å². The van der Waals surface area contributed by atoms with Crippen LogP contribution in [0.25, 0.3) is 0 Å². The monoisotopic (exact) mass is 206 g/mol. The van der Waals surface area contributed by atoms with E-state index in [4.69, 9.17) is 0 Å². The summed E-state index contributed by atoms with van der Waals surface area (Å²) in [7, 11) is 0. The van der Waals surface area contributed by atoms with Crippen molar-refractivity contribution in [3.05, 3.63) is 18.6 Å². The Labute approximate surface area is 92.6 Å². The van der Waals surface area contributed by atoms with Crippen LogP contribution < -0.4 is 4.90 Å². The molecule has 1 radical (unpaired) electrons. The minimum atomic E-state index is 0.888. The first-order valence-electron chi connectivity index (χ1n) is 5.82. The molecule has 0 aromatic carbocycles. The fourth-order valence-corrected chi connectivity index (χ4v) is 1.44. The zero-order valence-electron chi connectivity index (χ0n) is 9.74. The summed E-state index contributed by atoms with van der Waals surface area (Å²) < 4.78 is 0. The van der Waals surface area contributed by atoms with Crippen LogP contribution in [-0.2, 0) is 0 Å². The molecule has 1 rings (SSSR count). The lowest BCUT2D eigenvalue weighted by molar-refractivity contribution is 0.669. The van der Waals surface area contributed by atoms with Crippen molar-refractivity contribution < 1.29 is 0 Å². The average Bonchev–Trinajstić information content (AvgIpc) is 2.30. The molecule has 0 saturated heterocycles. The van der Waals surface area contributed by atoms with Gasteiger partial charge in [0.25, 0.3) is 0 Å². The Kier molecular flexibility index (Phi) is 5.74. The second-order valence-corrected chi connectivity index (χ2v) is 3.69. The molecule has 0 saturated carbocycles. The predicted octanol–water partition coefficient (Wildman–Crippen LogP) is 2.68. The van der Waals surface area contributed by atoms with Crippen molar-refractivity contribution in [1.29, 1.82) is 0 Å². The number of anilines is 1. The maximum Gasteiger partial charge on any atom is 0.156 e. The van der Waals surface area contributed by atoms with Crippen molar-refractivity contribution in [3.8, 4) is 0 Å². The van der Waals surface area contributed by atoms with E-state index in [1.54, 1.807) is 12.4 Å². The highest BCUT2D eigenvalue weighted by Crippen LogP contribution is 2.09. The molecule has 0 amide bonds. The molecule has 0 fully saturated rings. The van der Waals surface area contributed by atoms with E-state index in [1.165, 1.54) is 25.7 Å². The summed E-state index contributed by atoms with van der Waals surface area (Å²) in [4.78, 5) is 10.6. The first-order chi connectivity index (χ1) is 7.38. The lowest BCUT2D eigenvalue weighted by Gasteiger charge is -2.22. The quantitative estimate of drug-likeness (QED) is 0.687. The van der Waals surface area contributed by atoms with Crippen molar-refractivity contribution in [1.82, 2.24) is 9.97 Å². The van der Waals surface area contributed by atoms with Crippen molar-refractivity contribution in [2.75, 3.05) is 18.0 Å². The summed E-state index contributed by atoms with van der Waals surface area (Å²) in [5.74, 6) is 0.888. The highest BCUT2D eigenvalue weighted by atomic mass is 15.2. The zero-order chi connectivity index (χ0) is 10.9. The highest BCUT2D eigenvalue weighted by molar-refractivity contribution is 5.33. The molecule has 0 spiro atoms. The normalized spacial score (nSPS) is 10.3. The van der Waals surface area contributed by atoms with Crippen LogP contribution in [-0.4, -0.2) is 23.1 Å². The van der Waals surface area contributed by atoms with E-state index in [2.05, 4.69) is 34.9 Å². The lowest BCUT2D eigenvalue weighted by atomic mass is 10.2. The molecule has 0 N–H and O–H groups in total. The van der Waals surface area contributed by atoms with Gasteiger partial charge in [0.05, 0.1) is 0 Å². The van der Waals surface area contributed by atoms with Gasteiger partial charge in [0.15, 0.2) is 5.82 Å². The smallest absolute Gasteiger partial charge is 0.156 e. The summed E-state index contributed by atoms with van der Waals surface area (Å²) in [6.07, 6.45) is 11.2. The summed E-state index contributed by atoms with van der Waals surface area (Å²) in [5, 5.41) is 0. The Morgan fingerprint density at radius 1 is 1.13 bits per heavy atom. The Morgan fingerprint density at radius 3 is 2.27 bits per heavy atom. The fraction of sp³-hybridized carbons (Fsp3) is 0.667. The molecule has 0 bridgehead atoms. The van der Waals surface area contributed by atoms with Crippen LogP contribution in [0.3, 0.4) is 0 Å². The molecular formula is C12H20N3. The number of hydrogen-bond donors (Lipinski definition) is 0. The molecule has 1 aromatic rings. The summed E-state index contributed by atoms with van der Waals surface area (Å²) in [5.41, 5.74) is 0. The number of hydrogen-bond acceptors (Lipinski definition) is 3. The van der Waals surface area contributed by atoms with Crippen LogP contribution in [0, 0.1) is 6.20 Å². The van der Waals surface area contributed by atoms with E-state index < -0.39 is 0 Å². The van der Waals surface area contributed by atoms with Crippen LogP contribution in [0.2, 0.25) is 0 Å². The summed E-state index contributed by atoms with van der Waals surface area (Å²) >= 11 is 0. The third kappa shape index (κ3) is 4.28. The van der Waals surface area contributed by atoms with Crippen molar-refractivity contribution in [2.45, 2.75) is 39.5 Å². The molecule has 1 heterocycles. The summed E-state index contributed by atoms with van der Waals surface area (Å²) in [6.45, 7) is 6.54. The molecule has 0 aliphatic carbocycles. The number of rotatable bonds is 7. The minimum absolute atomic E-state index is 0.888. The fourth-order valence-electron chi connectivity index (χ4n) is 1.44. The van der Waals surface area contributed by atoms with Gasteiger partial charge in [-0.05, 0) is 12.8 Å². The van der Waals surface area contributed by atoms with Crippen LogP contribution >= 0.6 is 0 Å². The number of unbranched alkanes of at least 4 members (excludes halogenated alkanes) is 2. The second-order valence-electron chi connectivity index (χ2n) is 3.69. The van der Waals surface area contributed by atoms with Gasteiger partial charge in [0, 0.05) is 25.5 Å². The molecule has 0 unspecified atom stereocenters. The van der Waals surface area contributed by atoms with Crippen molar-refractivity contribution in [3.63, 3.8) is 0 Å². The third-order valence-corrected chi connectivity index (χ3v) is 2.37. The van der Waals surface area contributed by atoms with E-state index in [-0.39, 0.29) is 0 Å². The van der Waals surface area contributed by atoms with Crippen molar-refractivity contribution >= 4 is 5.82 Å². The third-order valence-electron chi connectivity index (χ3n) is 2.37. The van der Waals surface area contributed by atoms with Gasteiger partial charge in [-0.1, -0.05) is 26.7 Å². The van der Waals surface area contributed by atoms with E-state index in [0.29, 0.717) is 0 Å². The highest BCUT2D eigenvalue weighted by Gasteiger charge is 2.06.